The highest BCUT2D eigenvalue weighted by atomic mass is 16.2. The molecule has 0 aromatic carbocycles. The minimum absolute atomic E-state index is 0.292. The first-order valence-corrected chi connectivity index (χ1v) is 7.30. The summed E-state index contributed by atoms with van der Waals surface area (Å²) in [5.74, 6) is 0.316. The predicted molar refractivity (Wildman–Crippen MR) is 73.2 cm³/mol. The second-order valence-electron chi connectivity index (χ2n) is 6.20. The second kappa shape index (κ2) is 5.57. The minimum Gasteiger partial charge on any atom is -0.339 e. The lowest BCUT2D eigenvalue weighted by atomic mass is 9.80. The number of likely N-dealkylation sites (tertiary alicyclic amines) is 1. The number of piperidine rings is 1. The third-order valence-electron chi connectivity index (χ3n) is 4.56. The van der Waals surface area contributed by atoms with Crippen molar-refractivity contribution in [2.75, 3.05) is 32.7 Å². The monoisotopic (exact) mass is 253 g/mol. The van der Waals surface area contributed by atoms with Crippen molar-refractivity contribution in [3.05, 3.63) is 0 Å². The molecule has 104 valence electrons. The summed E-state index contributed by atoms with van der Waals surface area (Å²) in [7, 11) is 0. The molecule has 0 aromatic heterocycles. The first kappa shape index (κ1) is 13.8. The number of rotatable bonds is 5. The van der Waals surface area contributed by atoms with Gasteiger partial charge in [-0.05, 0) is 57.7 Å². The molecule has 0 aromatic rings. The van der Waals surface area contributed by atoms with E-state index < -0.39 is 0 Å². The number of carbonyl (C=O) groups is 1. The standard InChI is InChI=1S/C14H27N3O/c1-3-17(12-4-5-12)13(18)10-16-8-6-14(2,11-15)7-9-16/h12H,3-11,15H2,1-2H3. The maximum atomic E-state index is 12.2. The lowest BCUT2D eigenvalue weighted by Crippen LogP contribution is -2.47. The van der Waals surface area contributed by atoms with Crippen molar-refractivity contribution in [3.8, 4) is 0 Å². The van der Waals surface area contributed by atoms with Crippen LogP contribution in [-0.2, 0) is 4.79 Å². The molecule has 1 saturated carbocycles. The van der Waals surface area contributed by atoms with E-state index in [1.807, 2.05) is 0 Å². The van der Waals surface area contributed by atoms with Crippen LogP contribution in [0.25, 0.3) is 0 Å². The summed E-state index contributed by atoms with van der Waals surface area (Å²) < 4.78 is 0. The fraction of sp³-hybridized carbons (Fsp3) is 0.929. The van der Waals surface area contributed by atoms with Crippen molar-refractivity contribution < 1.29 is 4.79 Å². The van der Waals surface area contributed by atoms with Gasteiger partial charge in [0.05, 0.1) is 6.54 Å². The summed E-state index contributed by atoms with van der Waals surface area (Å²) in [6.07, 6.45) is 4.63. The Labute approximate surface area is 110 Å². The molecule has 2 aliphatic rings. The van der Waals surface area contributed by atoms with Crippen molar-refractivity contribution in [3.63, 3.8) is 0 Å². The summed E-state index contributed by atoms with van der Waals surface area (Å²) in [4.78, 5) is 16.6. The number of carbonyl (C=O) groups excluding carboxylic acids is 1. The Morgan fingerprint density at radius 3 is 2.44 bits per heavy atom. The van der Waals surface area contributed by atoms with Gasteiger partial charge in [0.2, 0.25) is 5.91 Å². The molecule has 2 fully saturated rings. The molecule has 4 heteroatoms. The highest BCUT2D eigenvalue weighted by Crippen LogP contribution is 2.30. The van der Waals surface area contributed by atoms with E-state index in [-0.39, 0.29) is 0 Å². The Hall–Kier alpha value is -0.610. The molecule has 0 spiro atoms. The van der Waals surface area contributed by atoms with E-state index in [1.54, 1.807) is 0 Å². The highest BCUT2D eigenvalue weighted by molar-refractivity contribution is 5.78. The first-order chi connectivity index (χ1) is 8.58. The Morgan fingerprint density at radius 2 is 2.00 bits per heavy atom. The van der Waals surface area contributed by atoms with E-state index in [2.05, 4.69) is 23.6 Å². The molecule has 0 unspecified atom stereocenters. The molecule has 4 nitrogen and oxygen atoms in total. The third kappa shape index (κ3) is 3.23. The SMILES string of the molecule is CCN(C(=O)CN1CCC(C)(CN)CC1)C1CC1. The van der Waals surface area contributed by atoms with Crippen molar-refractivity contribution in [2.45, 2.75) is 45.6 Å². The molecule has 1 amide bonds. The second-order valence-corrected chi connectivity index (χ2v) is 6.20. The lowest BCUT2D eigenvalue weighted by Gasteiger charge is -2.39. The van der Waals surface area contributed by atoms with Gasteiger partial charge in [0.15, 0.2) is 0 Å². The van der Waals surface area contributed by atoms with Crippen LogP contribution in [0.4, 0.5) is 0 Å². The zero-order chi connectivity index (χ0) is 13.2. The van der Waals surface area contributed by atoms with Gasteiger partial charge >= 0.3 is 0 Å². The van der Waals surface area contributed by atoms with Crippen LogP contribution in [0.1, 0.15) is 39.5 Å². The van der Waals surface area contributed by atoms with E-state index in [9.17, 15) is 4.79 Å². The number of nitrogens with two attached hydrogens (primary N) is 1. The van der Waals surface area contributed by atoms with Crippen LogP contribution in [-0.4, -0.2) is 54.5 Å². The van der Waals surface area contributed by atoms with Gasteiger partial charge in [0.25, 0.3) is 0 Å². The Kier molecular flexibility index (Phi) is 4.28. The van der Waals surface area contributed by atoms with E-state index in [4.69, 9.17) is 5.73 Å². The van der Waals surface area contributed by atoms with Gasteiger partial charge in [-0.25, -0.2) is 0 Å². The van der Waals surface area contributed by atoms with Gasteiger partial charge in [0.1, 0.15) is 0 Å². The maximum absolute atomic E-state index is 12.2. The van der Waals surface area contributed by atoms with Crippen molar-refractivity contribution in [2.24, 2.45) is 11.1 Å². The van der Waals surface area contributed by atoms with Gasteiger partial charge in [-0.2, -0.15) is 0 Å². The summed E-state index contributed by atoms with van der Waals surface area (Å²) in [6, 6.07) is 0.543. The van der Waals surface area contributed by atoms with Crippen LogP contribution < -0.4 is 5.73 Å². The van der Waals surface area contributed by atoms with Gasteiger partial charge in [-0.3, -0.25) is 9.69 Å². The number of hydrogen-bond donors (Lipinski definition) is 1. The first-order valence-electron chi connectivity index (χ1n) is 7.30. The maximum Gasteiger partial charge on any atom is 0.236 e. The Bertz CT molecular complexity index is 293. The molecular formula is C14H27N3O. The van der Waals surface area contributed by atoms with Crippen LogP contribution >= 0.6 is 0 Å². The van der Waals surface area contributed by atoms with Gasteiger partial charge in [0, 0.05) is 12.6 Å². The normalized spacial score (nSPS) is 23.9. The van der Waals surface area contributed by atoms with Crippen molar-refractivity contribution in [1.29, 1.82) is 0 Å². The smallest absolute Gasteiger partial charge is 0.236 e. The van der Waals surface area contributed by atoms with Crippen molar-refractivity contribution in [1.82, 2.24) is 9.80 Å². The summed E-state index contributed by atoms with van der Waals surface area (Å²) in [5, 5.41) is 0. The molecule has 2 N–H and O–H groups in total. The van der Waals surface area contributed by atoms with Crippen LogP contribution in [0.15, 0.2) is 0 Å². The zero-order valence-electron chi connectivity index (χ0n) is 11.8. The third-order valence-corrected chi connectivity index (χ3v) is 4.56. The van der Waals surface area contributed by atoms with E-state index in [1.165, 1.54) is 12.8 Å². The van der Waals surface area contributed by atoms with Crippen molar-refractivity contribution >= 4 is 5.91 Å². The number of likely N-dealkylation sites (N-methyl/N-ethyl adjacent to an activating group) is 1. The fourth-order valence-electron chi connectivity index (χ4n) is 2.76. The number of hydrogen-bond acceptors (Lipinski definition) is 3. The highest BCUT2D eigenvalue weighted by Gasteiger charge is 2.34. The van der Waals surface area contributed by atoms with E-state index >= 15 is 0 Å². The van der Waals surface area contributed by atoms with Crippen LogP contribution in [0.2, 0.25) is 0 Å². The molecule has 0 atom stereocenters. The molecular weight excluding hydrogens is 226 g/mol. The predicted octanol–water partition coefficient (Wildman–Crippen LogP) is 1.06. The Balaban J connectivity index is 1.78. The topological polar surface area (TPSA) is 49.6 Å². The zero-order valence-corrected chi connectivity index (χ0v) is 11.8. The molecule has 18 heavy (non-hydrogen) atoms. The fourth-order valence-corrected chi connectivity index (χ4v) is 2.76. The molecule has 0 radical (unpaired) electrons. The van der Waals surface area contributed by atoms with E-state index in [0.29, 0.717) is 23.9 Å². The molecule has 1 heterocycles. The molecule has 1 aliphatic carbocycles. The van der Waals surface area contributed by atoms with E-state index in [0.717, 1.165) is 39.0 Å². The Morgan fingerprint density at radius 1 is 1.39 bits per heavy atom. The summed E-state index contributed by atoms with van der Waals surface area (Å²) in [6.45, 7) is 8.59. The van der Waals surface area contributed by atoms with Crippen LogP contribution in [0.3, 0.4) is 0 Å². The summed E-state index contributed by atoms with van der Waals surface area (Å²) in [5.41, 5.74) is 6.10. The largest absolute Gasteiger partial charge is 0.339 e. The quantitative estimate of drug-likeness (QED) is 0.797. The van der Waals surface area contributed by atoms with Gasteiger partial charge in [-0.1, -0.05) is 6.92 Å². The van der Waals surface area contributed by atoms with Crippen LogP contribution in [0.5, 0.6) is 0 Å². The van der Waals surface area contributed by atoms with Gasteiger partial charge < -0.3 is 10.6 Å². The number of amides is 1. The minimum atomic E-state index is 0.292. The van der Waals surface area contributed by atoms with Gasteiger partial charge in [-0.15, -0.1) is 0 Å². The molecule has 1 saturated heterocycles. The molecule has 2 rings (SSSR count). The lowest BCUT2D eigenvalue weighted by molar-refractivity contribution is -0.133. The van der Waals surface area contributed by atoms with Crippen LogP contribution in [0, 0.1) is 5.41 Å². The molecule has 1 aliphatic heterocycles. The molecule has 0 bridgehead atoms. The average molecular weight is 253 g/mol. The average Bonchev–Trinajstić information content (AvgIpc) is 3.18. The number of nitrogens with zero attached hydrogens (tertiary/aromatic N) is 2. The summed E-state index contributed by atoms with van der Waals surface area (Å²) >= 11 is 0.